The lowest BCUT2D eigenvalue weighted by atomic mass is 9.86. The Hall–Kier alpha value is -4.01. The van der Waals surface area contributed by atoms with Crippen LogP contribution in [0.3, 0.4) is 0 Å². The Morgan fingerprint density at radius 2 is 1.73 bits per heavy atom. The molecule has 2 aliphatic heterocycles. The third-order valence-electron chi connectivity index (χ3n) is 7.62. The van der Waals surface area contributed by atoms with Crippen molar-refractivity contribution in [2.75, 3.05) is 38.2 Å². The van der Waals surface area contributed by atoms with Crippen molar-refractivity contribution in [2.24, 2.45) is 0 Å². The first-order valence-electron chi connectivity index (χ1n) is 13.7. The van der Waals surface area contributed by atoms with Crippen LogP contribution in [-0.4, -0.2) is 75.7 Å². The number of nitrogens with one attached hydrogen (secondary N) is 1. The number of halogens is 3. The van der Waals surface area contributed by atoms with E-state index in [1.165, 1.54) is 24.3 Å². The van der Waals surface area contributed by atoms with Crippen molar-refractivity contribution in [3.63, 3.8) is 0 Å². The number of alkyl halides is 3. The summed E-state index contributed by atoms with van der Waals surface area (Å²) in [4.78, 5) is 16.6. The summed E-state index contributed by atoms with van der Waals surface area (Å²) in [6.07, 6.45) is -6.61. The van der Waals surface area contributed by atoms with Gasteiger partial charge < -0.3 is 29.1 Å². The molecule has 44 heavy (non-hydrogen) atoms. The van der Waals surface area contributed by atoms with Gasteiger partial charge in [0.05, 0.1) is 13.2 Å². The zero-order valence-corrected chi connectivity index (χ0v) is 25.0. The third-order valence-corrected chi connectivity index (χ3v) is 9.11. The van der Waals surface area contributed by atoms with Crippen molar-refractivity contribution in [3.05, 3.63) is 77.9 Å². The van der Waals surface area contributed by atoms with Gasteiger partial charge in [-0.2, -0.15) is 0 Å². The molecule has 0 radical (unpaired) electrons. The summed E-state index contributed by atoms with van der Waals surface area (Å²) in [5.41, 5.74) is 0.0790. The number of para-hydroxylation sites is 1. The molecule has 1 fully saturated rings. The molecular weight excluding hydrogens is 603 g/mol. The molecule has 3 aromatic carbocycles. The fraction of sp³-hybridized carbons (Fsp3) is 0.367. The number of amides is 1. The predicted molar refractivity (Wildman–Crippen MR) is 154 cm³/mol. The number of nitrogens with zero attached hydrogens (tertiary/aromatic N) is 2. The Labute approximate surface area is 253 Å². The molecule has 5 rings (SSSR count). The van der Waals surface area contributed by atoms with Gasteiger partial charge in [-0.15, -0.1) is 13.2 Å². The van der Waals surface area contributed by atoms with Crippen LogP contribution in [0, 0.1) is 0 Å². The van der Waals surface area contributed by atoms with Crippen LogP contribution in [0.25, 0.3) is 0 Å². The number of ether oxygens (including phenoxy) is 3. The minimum atomic E-state index is -5.13. The summed E-state index contributed by atoms with van der Waals surface area (Å²) in [5.74, 6) is -0.287. The molecule has 2 atom stereocenters. The summed E-state index contributed by atoms with van der Waals surface area (Å²) in [7, 11) is -3.09. The topological polar surface area (TPSA) is 118 Å². The molecule has 1 amide bonds. The molecule has 0 aromatic heterocycles. The van der Waals surface area contributed by atoms with Crippen LogP contribution in [0.2, 0.25) is 0 Å². The standard InChI is InChI=1S/C30H32F3N3O7S/c1-29(2)27(37)26(34-44(39,40)25-10-5-4-9-24(25)43-30(31,32)33)22-17-19(11-12-23(22)42-29)28(38)36-15-13-35(14-16-36)20-7-6-8-21(18-20)41-3/h4-12,17-18,26-27,34,37H,13-16H2,1-3H3/t26-,27+/m1/s1. The Bertz CT molecular complexity index is 1640. The minimum Gasteiger partial charge on any atom is -0.497 e. The van der Waals surface area contributed by atoms with E-state index in [0.29, 0.717) is 26.2 Å². The Morgan fingerprint density at radius 1 is 1.02 bits per heavy atom. The van der Waals surface area contributed by atoms with E-state index in [1.54, 1.807) is 31.9 Å². The van der Waals surface area contributed by atoms with Crippen LogP contribution in [0.4, 0.5) is 18.9 Å². The van der Waals surface area contributed by atoms with Crippen LogP contribution in [0.15, 0.2) is 71.6 Å². The maximum Gasteiger partial charge on any atom is 0.573 e. The summed E-state index contributed by atoms with van der Waals surface area (Å²) < 4.78 is 83.4. The largest absolute Gasteiger partial charge is 0.573 e. The van der Waals surface area contributed by atoms with Gasteiger partial charge in [0.1, 0.15) is 33.8 Å². The number of anilines is 1. The predicted octanol–water partition coefficient (Wildman–Crippen LogP) is 4.11. The van der Waals surface area contributed by atoms with E-state index in [2.05, 4.69) is 14.4 Å². The van der Waals surface area contributed by atoms with E-state index in [0.717, 1.165) is 23.6 Å². The van der Waals surface area contributed by atoms with Gasteiger partial charge in [0, 0.05) is 49.1 Å². The van der Waals surface area contributed by atoms with Crippen LogP contribution in [0.5, 0.6) is 17.2 Å². The van der Waals surface area contributed by atoms with Crippen molar-refractivity contribution in [1.82, 2.24) is 9.62 Å². The molecule has 0 saturated carbocycles. The molecule has 14 heteroatoms. The highest BCUT2D eigenvalue weighted by Crippen LogP contribution is 2.42. The molecule has 0 unspecified atom stereocenters. The first-order chi connectivity index (χ1) is 20.7. The quantitative estimate of drug-likeness (QED) is 0.399. The zero-order chi connectivity index (χ0) is 31.9. The lowest BCUT2D eigenvalue weighted by molar-refractivity contribution is -0.275. The van der Waals surface area contributed by atoms with Gasteiger partial charge in [0.2, 0.25) is 10.0 Å². The van der Waals surface area contributed by atoms with Crippen molar-refractivity contribution in [2.45, 2.75) is 42.9 Å². The van der Waals surface area contributed by atoms with Gasteiger partial charge in [-0.1, -0.05) is 18.2 Å². The lowest BCUT2D eigenvalue weighted by Gasteiger charge is -2.42. The second-order valence-electron chi connectivity index (χ2n) is 11.0. The van der Waals surface area contributed by atoms with E-state index in [-0.39, 0.29) is 22.8 Å². The van der Waals surface area contributed by atoms with Crippen LogP contribution < -0.4 is 23.8 Å². The molecule has 0 bridgehead atoms. The molecule has 10 nitrogen and oxygen atoms in total. The first kappa shape index (κ1) is 31.4. The Morgan fingerprint density at radius 3 is 2.41 bits per heavy atom. The number of carbonyl (C=O) groups excluding carboxylic acids is 1. The van der Waals surface area contributed by atoms with E-state index in [4.69, 9.17) is 9.47 Å². The lowest BCUT2D eigenvalue weighted by Crippen LogP contribution is -2.53. The summed E-state index contributed by atoms with van der Waals surface area (Å²) >= 11 is 0. The molecule has 0 aliphatic carbocycles. The maximum absolute atomic E-state index is 13.6. The smallest absolute Gasteiger partial charge is 0.497 e. The average Bonchev–Trinajstić information content (AvgIpc) is 2.98. The van der Waals surface area contributed by atoms with E-state index >= 15 is 0 Å². The number of rotatable bonds is 7. The average molecular weight is 636 g/mol. The highest BCUT2D eigenvalue weighted by atomic mass is 32.2. The van der Waals surface area contributed by atoms with Gasteiger partial charge in [-0.05, 0) is 56.3 Å². The van der Waals surface area contributed by atoms with Crippen molar-refractivity contribution < 1.29 is 45.7 Å². The van der Waals surface area contributed by atoms with E-state index in [9.17, 15) is 31.5 Å². The van der Waals surface area contributed by atoms with Crippen molar-refractivity contribution >= 4 is 21.6 Å². The van der Waals surface area contributed by atoms with Gasteiger partial charge in [0.25, 0.3) is 5.91 Å². The molecule has 0 spiro atoms. The Balaban J connectivity index is 1.40. The van der Waals surface area contributed by atoms with Gasteiger partial charge in [0.15, 0.2) is 0 Å². The van der Waals surface area contributed by atoms with Crippen molar-refractivity contribution in [3.8, 4) is 17.2 Å². The molecule has 2 heterocycles. The molecule has 3 aromatic rings. The second-order valence-corrected chi connectivity index (χ2v) is 12.7. The fourth-order valence-corrected chi connectivity index (χ4v) is 6.68. The monoisotopic (exact) mass is 635 g/mol. The highest BCUT2D eigenvalue weighted by Gasteiger charge is 2.45. The number of fused-ring (bicyclic) bond motifs is 1. The number of aliphatic hydroxyl groups is 1. The number of benzene rings is 3. The molecule has 236 valence electrons. The number of hydrogen-bond donors (Lipinski definition) is 2. The number of carbonyl (C=O) groups is 1. The fourth-order valence-electron chi connectivity index (χ4n) is 5.33. The van der Waals surface area contributed by atoms with Crippen LogP contribution in [0.1, 0.15) is 35.8 Å². The number of sulfonamides is 1. The third kappa shape index (κ3) is 6.56. The van der Waals surface area contributed by atoms with E-state index in [1.807, 2.05) is 24.3 Å². The molecule has 1 saturated heterocycles. The van der Waals surface area contributed by atoms with Gasteiger partial charge >= 0.3 is 6.36 Å². The molecular formula is C30H32F3N3O7S. The number of hydrogen-bond acceptors (Lipinski definition) is 8. The highest BCUT2D eigenvalue weighted by molar-refractivity contribution is 7.89. The van der Waals surface area contributed by atoms with Gasteiger partial charge in [-0.25, -0.2) is 13.1 Å². The number of piperazine rings is 1. The van der Waals surface area contributed by atoms with E-state index < -0.39 is 44.8 Å². The first-order valence-corrected chi connectivity index (χ1v) is 15.2. The molecule has 2 N–H and O–H groups in total. The molecule has 2 aliphatic rings. The van der Waals surface area contributed by atoms with Gasteiger partial charge in [-0.3, -0.25) is 4.79 Å². The number of aliphatic hydroxyl groups excluding tert-OH is 1. The summed E-state index contributed by atoms with van der Waals surface area (Å²) in [6, 6.07) is 15.1. The van der Waals surface area contributed by atoms with Crippen LogP contribution >= 0.6 is 0 Å². The zero-order valence-electron chi connectivity index (χ0n) is 24.2. The minimum absolute atomic E-state index is 0.162. The second kappa shape index (κ2) is 11.8. The van der Waals surface area contributed by atoms with Crippen LogP contribution in [-0.2, 0) is 10.0 Å². The summed E-state index contributed by atoms with van der Waals surface area (Å²) in [6.45, 7) is 5.08. The summed E-state index contributed by atoms with van der Waals surface area (Å²) in [5, 5.41) is 11.2. The SMILES string of the molecule is COc1cccc(N2CCN(C(=O)c3ccc4c(c3)[C@@H](NS(=O)(=O)c3ccccc3OC(F)(F)F)[C@H](O)C(C)(C)O4)CC2)c1. The maximum atomic E-state index is 13.6. The number of methoxy groups -OCH3 is 1. The van der Waals surface area contributed by atoms with Crippen molar-refractivity contribution in [1.29, 1.82) is 0 Å². The normalized spacial score (nSPS) is 20.0. The Kier molecular flexibility index (Phi) is 8.44.